The molecule has 1 heterocycles. The molecule has 216 valence electrons. The molecular formula is C12H3F21O3. The molecule has 1 saturated heterocycles. The first-order valence-corrected chi connectivity index (χ1v) is 7.72. The molecule has 0 spiro atoms. The summed E-state index contributed by atoms with van der Waals surface area (Å²) in [7, 11) is 0. The lowest BCUT2D eigenvalue weighted by Gasteiger charge is -2.44. The van der Waals surface area contributed by atoms with Gasteiger partial charge in [0.1, 0.15) is 0 Å². The number of halogens is 21. The molecule has 0 aromatic carbocycles. The van der Waals surface area contributed by atoms with E-state index >= 15 is 0 Å². The molecule has 0 bridgehead atoms. The van der Waals surface area contributed by atoms with Gasteiger partial charge >= 0.3 is 59.5 Å². The molecule has 1 unspecified atom stereocenters. The molecule has 1 aliphatic rings. The van der Waals surface area contributed by atoms with Crippen molar-refractivity contribution >= 4 is 0 Å². The minimum absolute atomic E-state index is 1.67. The Kier molecular flexibility index (Phi) is 7.39. The topological polar surface area (TPSA) is 27.7 Å². The van der Waals surface area contributed by atoms with Crippen molar-refractivity contribution in [2.75, 3.05) is 6.79 Å². The third kappa shape index (κ3) is 3.74. The van der Waals surface area contributed by atoms with E-state index in [-0.39, 0.29) is 0 Å². The van der Waals surface area contributed by atoms with Crippen LogP contribution in [-0.4, -0.2) is 72.6 Å². The second kappa shape index (κ2) is 8.20. The van der Waals surface area contributed by atoms with Crippen molar-refractivity contribution in [1.82, 2.24) is 0 Å². The van der Waals surface area contributed by atoms with Crippen molar-refractivity contribution in [3.63, 3.8) is 0 Å². The first kappa shape index (κ1) is 32.4. The van der Waals surface area contributed by atoms with Crippen molar-refractivity contribution < 1.29 is 107 Å². The van der Waals surface area contributed by atoms with Crippen LogP contribution in [0.15, 0.2) is 0 Å². The predicted octanol–water partition coefficient (Wildman–Crippen LogP) is 6.53. The first-order valence-electron chi connectivity index (χ1n) is 7.72. The Hall–Kier alpha value is -1.59. The Bertz CT molecular complexity index is 807. The van der Waals surface area contributed by atoms with Crippen LogP contribution in [-0.2, 0) is 14.5 Å². The lowest BCUT2D eigenvalue weighted by Crippen LogP contribution is -2.77. The van der Waals surface area contributed by atoms with E-state index in [2.05, 4.69) is 14.5 Å². The summed E-state index contributed by atoms with van der Waals surface area (Å²) in [6, 6.07) is 0. The summed E-state index contributed by atoms with van der Waals surface area (Å²) in [4.78, 5) is 6.38. The Morgan fingerprint density at radius 3 is 0.917 bits per heavy atom. The quantitative estimate of drug-likeness (QED) is 0.225. The summed E-state index contributed by atoms with van der Waals surface area (Å²) < 4.78 is 279. The van der Waals surface area contributed by atoms with Crippen molar-refractivity contribution in [3.05, 3.63) is 0 Å². The Morgan fingerprint density at radius 2 is 0.667 bits per heavy atom. The van der Waals surface area contributed by atoms with Crippen LogP contribution in [0.2, 0.25) is 0 Å². The molecule has 0 aliphatic carbocycles. The van der Waals surface area contributed by atoms with Gasteiger partial charge in [0.15, 0.2) is 6.79 Å². The van der Waals surface area contributed by atoms with Gasteiger partial charge in [0.25, 0.3) is 6.29 Å². The molecule has 36 heavy (non-hydrogen) atoms. The number of hydrogen-bond acceptors (Lipinski definition) is 3. The van der Waals surface area contributed by atoms with Gasteiger partial charge in [-0.15, -0.1) is 0 Å². The van der Waals surface area contributed by atoms with E-state index in [1.165, 1.54) is 0 Å². The molecule has 24 heteroatoms. The average molecular weight is 594 g/mol. The third-order valence-corrected chi connectivity index (χ3v) is 4.25. The van der Waals surface area contributed by atoms with Gasteiger partial charge in [-0.1, -0.05) is 0 Å². The standard InChI is InChI=1S/C12H3F21O3/c13-3(14,2-34-1-35-36-2)4(15,16)5(17,18)6(19,20)7(21,22)8(23,24)9(25,26)10(27,28)11(29,30)12(31,32)33/h2H,1H2. The SMILES string of the molecule is FC(F)(F)C(F)(F)C(F)(F)C(F)(F)C(F)(F)C(F)(F)C(F)(F)C(F)(F)C(F)(F)C(F)(F)C1OCOO1. The maximum atomic E-state index is 13.6. The van der Waals surface area contributed by atoms with Crippen molar-refractivity contribution in [2.45, 2.75) is 65.8 Å². The highest BCUT2D eigenvalue weighted by Gasteiger charge is 2.98. The minimum Gasteiger partial charge on any atom is -0.315 e. The number of ether oxygens (including phenoxy) is 1. The molecule has 1 fully saturated rings. The van der Waals surface area contributed by atoms with Gasteiger partial charge in [0.2, 0.25) is 0 Å². The normalized spacial score (nSPS) is 20.8. The zero-order valence-electron chi connectivity index (χ0n) is 15.4. The van der Waals surface area contributed by atoms with E-state index in [0.717, 1.165) is 0 Å². The number of hydrogen-bond donors (Lipinski definition) is 0. The monoisotopic (exact) mass is 594 g/mol. The zero-order valence-corrected chi connectivity index (χ0v) is 15.4. The maximum absolute atomic E-state index is 13.6. The molecule has 0 aromatic heterocycles. The molecule has 0 saturated carbocycles. The van der Waals surface area contributed by atoms with Gasteiger partial charge in [-0.05, 0) is 0 Å². The zero-order chi connectivity index (χ0) is 29.4. The van der Waals surface area contributed by atoms with Crippen LogP contribution in [0.4, 0.5) is 92.2 Å². The van der Waals surface area contributed by atoms with E-state index in [1.807, 2.05) is 0 Å². The largest absolute Gasteiger partial charge is 0.460 e. The second-order valence-electron chi connectivity index (χ2n) is 6.55. The molecule has 1 rings (SSSR count). The van der Waals surface area contributed by atoms with Crippen LogP contribution < -0.4 is 0 Å². The molecule has 0 N–H and O–H groups in total. The van der Waals surface area contributed by atoms with E-state index in [4.69, 9.17) is 0 Å². The molecule has 1 aliphatic heterocycles. The molecular weight excluding hydrogens is 591 g/mol. The summed E-state index contributed by atoms with van der Waals surface area (Å²) in [5.41, 5.74) is 0. The summed E-state index contributed by atoms with van der Waals surface area (Å²) in [5, 5.41) is 0. The minimum atomic E-state index is -9.21. The van der Waals surface area contributed by atoms with Gasteiger partial charge in [-0.2, -0.15) is 97.1 Å². The Labute approximate surface area is 180 Å². The summed E-state index contributed by atoms with van der Waals surface area (Å²) in [5.74, 6) is -77.8. The summed E-state index contributed by atoms with van der Waals surface area (Å²) in [6.45, 7) is -1.67. The van der Waals surface area contributed by atoms with Crippen molar-refractivity contribution in [3.8, 4) is 0 Å². The predicted molar refractivity (Wildman–Crippen MR) is 62.5 cm³/mol. The second-order valence-corrected chi connectivity index (χ2v) is 6.55. The van der Waals surface area contributed by atoms with Crippen LogP contribution in [0.5, 0.6) is 0 Å². The fraction of sp³-hybridized carbons (Fsp3) is 1.00. The van der Waals surface area contributed by atoms with Crippen LogP contribution >= 0.6 is 0 Å². The fourth-order valence-electron chi connectivity index (χ4n) is 2.09. The lowest BCUT2D eigenvalue weighted by atomic mass is 9.86. The number of rotatable bonds is 9. The molecule has 0 radical (unpaired) electrons. The summed E-state index contributed by atoms with van der Waals surface area (Å²) >= 11 is 0. The van der Waals surface area contributed by atoms with Gasteiger partial charge in [-0.25, -0.2) is 4.89 Å². The summed E-state index contributed by atoms with van der Waals surface area (Å²) in [6.07, 6.45) is -12.2. The van der Waals surface area contributed by atoms with Gasteiger partial charge in [0.05, 0.1) is 0 Å². The molecule has 3 nitrogen and oxygen atoms in total. The van der Waals surface area contributed by atoms with E-state index in [9.17, 15) is 92.2 Å². The highest BCUT2D eigenvalue weighted by Crippen LogP contribution is 2.66. The smallest absolute Gasteiger partial charge is 0.315 e. The Balaban J connectivity index is 3.73. The van der Waals surface area contributed by atoms with Crippen LogP contribution in [0, 0.1) is 0 Å². The fourth-order valence-corrected chi connectivity index (χ4v) is 2.09. The van der Waals surface area contributed by atoms with Crippen LogP contribution in [0.3, 0.4) is 0 Å². The van der Waals surface area contributed by atoms with E-state index < -0.39 is 72.6 Å². The van der Waals surface area contributed by atoms with E-state index in [1.54, 1.807) is 0 Å². The van der Waals surface area contributed by atoms with Crippen molar-refractivity contribution in [2.24, 2.45) is 0 Å². The van der Waals surface area contributed by atoms with Crippen LogP contribution in [0.1, 0.15) is 0 Å². The highest BCUT2D eigenvalue weighted by molar-refractivity contribution is 5.18. The van der Waals surface area contributed by atoms with Crippen molar-refractivity contribution in [1.29, 1.82) is 0 Å². The Morgan fingerprint density at radius 1 is 0.389 bits per heavy atom. The third-order valence-electron chi connectivity index (χ3n) is 4.25. The van der Waals surface area contributed by atoms with Crippen LogP contribution in [0.25, 0.3) is 0 Å². The highest BCUT2D eigenvalue weighted by atomic mass is 19.4. The number of alkyl halides is 21. The average Bonchev–Trinajstić information content (AvgIpc) is 3.21. The lowest BCUT2D eigenvalue weighted by molar-refractivity contribution is -0.479. The molecule has 0 aromatic rings. The maximum Gasteiger partial charge on any atom is 0.460 e. The van der Waals surface area contributed by atoms with E-state index in [0.29, 0.717) is 0 Å². The van der Waals surface area contributed by atoms with Gasteiger partial charge < -0.3 is 4.74 Å². The molecule has 1 atom stereocenters. The first-order chi connectivity index (χ1) is 15.4. The molecule has 0 amide bonds. The van der Waals surface area contributed by atoms with Gasteiger partial charge in [0, 0.05) is 0 Å². The van der Waals surface area contributed by atoms with Gasteiger partial charge in [-0.3, -0.25) is 0 Å².